The SMILES string of the molecule is CN1CCCC(=O)[C@@H]2CCCN2Cc2cccc(c2)Cc2nccc(n2)-c2ccc(cc2)C1. The number of nitrogens with zero attached hydrogens (tertiary/aromatic N) is 4. The fourth-order valence-electron chi connectivity index (χ4n) is 5.14. The van der Waals surface area contributed by atoms with Crippen LogP contribution in [0.4, 0.5) is 0 Å². The lowest BCUT2D eigenvalue weighted by atomic mass is 10.0. The van der Waals surface area contributed by atoms with Gasteiger partial charge in [-0.3, -0.25) is 9.69 Å². The molecule has 4 heterocycles. The molecule has 5 nitrogen and oxygen atoms in total. The van der Waals surface area contributed by atoms with Gasteiger partial charge in [-0.25, -0.2) is 9.97 Å². The molecule has 0 aliphatic carbocycles. The Morgan fingerprint density at radius 2 is 1.76 bits per heavy atom. The quantitative estimate of drug-likeness (QED) is 0.515. The molecule has 0 N–H and O–H groups in total. The summed E-state index contributed by atoms with van der Waals surface area (Å²) in [6, 6.07) is 19.4. The largest absolute Gasteiger partial charge is 0.302 e. The average molecular weight is 441 g/mol. The summed E-state index contributed by atoms with van der Waals surface area (Å²) in [6.07, 6.45) is 6.23. The van der Waals surface area contributed by atoms with Crippen molar-refractivity contribution in [3.05, 3.63) is 83.3 Å². The number of hydrogen-bond donors (Lipinski definition) is 0. The van der Waals surface area contributed by atoms with E-state index in [1.54, 1.807) is 0 Å². The number of carbonyl (C=O) groups excluding carboxylic acids is 1. The molecule has 3 aromatic rings. The van der Waals surface area contributed by atoms with Crippen LogP contribution in [0, 0.1) is 0 Å². The van der Waals surface area contributed by atoms with Crippen molar-refractivity contribution in [1.29, 1.82) is 0 Å². The summed E-state index contributed by atoms with van der Waals surface area (Å²) in [5.41, 5.74) is 5.81. The lowest BCUT2D eigenvalue weighted by molar-refractivity contribution is -0.123. The van der Waals surface area contributed by atoms with Crippen LogP contribution in [0.2, 0.25) is 0 Å². The number of ketones is 1. The topological polar surface area (TPSA) is 49.3 Å². The van der Waals surface area contributed by atoms with Gasteiger partial charge < -0.3 is 4.90 Å². The van der Waals surface area contributed by atoms with Gasteiger partial charge in [-0.15, -0.1) is 0 Å². The number of aromatic nitrogens is 2. The molecule has 0 spiro atoms. The van der Waals surface area contributed by atoms with Crippen molar-refractivity contribution in [2.24, 2.45) is 0 Å². The van der Waals surface area contributed by atoms with Gasteiger partial charge in [0.05, 0.1) is 11.7 Å². The summed E-state index contributed by atoms with van der Waals surface area (Å²) < 4.78 is 0. The van der Waals surface area contributed by atoms with E-state index in [1.165, 1.54) is 16.7 Å². The smallest absolute Gasteiger partial charge is 0.150 e. The number of rotatable bonds is 0. The van der Waals surface area contributed by atoms with Crippen LogP contribution in [0.5, 0.6) is 0 Å². The third-order valence-electron chi connectivity index (χ3n) is 6.85. The first-order valence-electron chi connectivity index (χ1n) is 12.1. The molecule has 1 atom stereocenters. The Balaban J connectivity index is 1.45. The maximum Gasteiger partial charge on any atom is 0.150 e. The van der Waals surface area contributed by atoms with E-state index in [-0.39, 0.29) is 6.04 Å². The first-order chi connectivity index (χ1) is 16.1. The summed E-state index contributed by atoms with van der Waals surface area (Å²) in [7, 11) is 2.13. The van der Waals surface area contributed by atoms with E-state index in [9.17, 15) is 4.79 Å². The maximum absolute atomic E-state index is 13.0. The highest BCUT2D eigenvalue weighted by atomic mass is 16.1. The van der Waals surface area contributed by atoms with Crippen molar-refractivity contribution in [1.82, 2.24) is 19.8 Å². The standard InChI is InChI=1S/C28H32N4O/c1-31-15-4-8-27(33)26-7-3-16-32(26)20-23-6-2-5-22(17-23)18-28-29-14-13-25(30-28)24-11-9-21(19-31)10-12-24/h2,5-6,9-14,17,26H,3-4,7-8,15-16,18-20H2,1H3/t26-/m0/s1. The molecule has 5 heteroatoms. The van der Waals surface area contributed by atoms with Gasteiger partial charge in [-0.05, 0) is 62.2 Å². The molecule has 0 amide bonds. The highest BCUT2D eigenvalue weighted by molar-refractivity contribution is 5.84. The molecule has 170 valence electrons. The molecule has 2 aromatic carbocycles. The summed E-state index contributed by atoms with van der Waals surface area (Å²) >= 11 is 0. The van der Waals surface area contributed by atoms with Crippen LogP contribution in [-0.2, 0) is 24.3 Å². The zero-order chi connectivity index (χ0) is 22.6. The molecule has 3 aliphatic heterocycles. The van der Waals surface area contributed by atoms with E-state index < -0.39 is 0 Å². The first kappa shape index (κ1) is 21.9. The van der Waals surface area contributed by atoms with Gasteiger partial charge in [0.1, 0.15) is 11.6 Å². The lowest BCUT2D eigenvalue weighted by Gasteiger charge is -2.24. The van der Waals surface area contributed by atoms with Crippen molar-refractivity contribution < 1.29 is 4.79 Å². The second-order valence-corrected chi connectivity index (χ2v) is 9.49. The van der Waals surface area contributed by atoms with E-state index in [2.05, 4.69) is 70.4 Å². The van der Waals surface area contributed by atoms with Gasteiger partial charge in [-0.1, -0.05) is 48.5 Å². The van der Waals surface area contributed by atoms with Crippen molar-refractivity contribution in [3.8, 4) is 11.3 Å². The molecule has 0 saturated carbocycles. The Morgan fingerprint density at radius 3 is 2.64 bits per heavy atom. The van der Waals surface area contributed by atoms with Crippen LogP contribution >= 0.6 is 0 Å². The summed E-state index contributed by atoms with van der Waals surface area (Å²) in [5, 5.41) is 0. The van der Waals surface area contributed by atoms with Crippen LogP contribution in [0.25, 0.3) is 11.3 Å². The lowest BCUT2D eigenvalue weighted by Crippen LogP contribution is -2.36. The average Bonchev–Trinajstić information content (AvgIpc) is 3.27. The first-order valence-corrected chi connectivity index (χ1v) is 12.1. The van der Waals surface area contributed by atoms with Gasteiger partial charge in [0.2, 0.25) is 0 Å². The van der Waals surface area contributed by atoms with Crippen molar-refractivity contribution in [3.63, 3.8) is 0 Å². The van der Waals surface area contributed by atoms with Crippen molar-refractivity contribution in [2.45, 2.75) is 51.2 Å². The predicted molar refractivity (Wildman–Crippen MR) is 131 cm³/mol. The minimum atomic E-state index is 0.0668. The molecule has 1 saturated heterocycles. The highest BCUT2D eigenvalue weighted by Crippen LogP contribution is 2.24. The molecular formula is C28H32N4O. The second kappa shape index (κ2) is 9.94. The van der Waals surface area contributed by atoms with Gasteiger partial charge in [0.25, 0.3) is 0 Å². The summed E-state index contributed by atoms with van der Waals surface area (Å²) in [5.74, 6) is 1.23. The fraction of sp³-hybridized carbons (Fsp3) is 0.393. The number of Topliss-reactive ketones (excluding diaryl/α,β-unsaturated/α-hetero) is 1. The number of hydrogen-bond acceptors (Lipinski definition) is 5. The van der Waals surface area contributed by atoms with E-state index in [4.69, 9.17) is 4.98 Å². The Morgan fingerprint density at radius 1 is 0.909 bits per heavy atom. The fourth-order valence-corrected chi connectivity index (χ4v) is 5.14. The molecule has 6 rings (SSSR count). The minimum Gasteiger partial charge on any atom is -0.302 e. The minimum absolute atomic E-state index is 0.0668. The molecule has 1 fully saturated rings. The molecule has 0 unspecified atom stereocenters. The van der Waals surface area contributed by atoms with E-state index >= 15 is 0 Å². The second-order valence-electron chi connectivity index (χ2n) is 9.49. The number of benzene rings is 2. The molecule has 6 bridgehead atoms. The van der Waals surface area contributed by atoms with Crippen LogP contribution in [0.3, 0.4) is 0 Å². The Kier molecular flexibility index (Phi) is 6.60. The third kappa shape index (κ3) is 5.37. The molecule has 1 aromatic heterocycles. The molecule has 0 radical (unpaired) electrons. The van der Waals surface area contributed by atoms with Crippen LogP contribution < -0.4 is 0 Å². The zero-order valence-electron chi connectivity index (χ0n) is 19.4. The van der Waals surface area contributed by atoms with Crippen LogP contribution in [0.1, 0.15) is 48.2 Å². The summed E-state index contributed by atoms with van der Waals surface area (Å²) in [4.78, 5) is 27.1. The van der Waals surface area contributed by atoms with Crippen LogP contribution in [0.15, 0.2) is 60.8 Å². The molecule has 33 heavy (non-hydrogen) atoms. The van der Waals surface area contributed by atoms with E-state index in [1.807, 2.05) is 12.3 Å². The van der Waals surface area contributed by atoms with Gasteiger partial charge in [0, 0.05) is 37.7 Å². The normalized spacial score (nSPS) is 20.5. The van der Waals surface area contributed by atoms with E-state index in [0.717, 1.165) is 62.5 Å². The number of fused-ring (bicyclic) bond motifs is 7. The van der Waals surface area contributed by atoms with E-state index in [0.29, 0.717) is 18.6 Å². The van der Waals surface area contributed by atoms with Gasteiger partial charge in [-0.2, -0.15) is 0 Å². The predicted octanol–water partition coefficient (Wildman–Crippen LogP) is 4.49. The maximum atomic E-state index is 13.0. The van der Waals surface area contributed by atoms with Crippen LogP contribution in [-0.4, -0.2) is 51.7 Å². The Bertz CT molecular complexity index is 1110. The summed E-state index contributed by atoms with van der Waals surface area (Å²) in [6.45, 7) is 3.64. The van der Waals surface area contributed by atoms with Gasteiger partial charge in [0.15, 0.2) is 0 Å². The Labute approximate surface area is 196 Å². The van der Waals surface area contributed by atoms with Crippen molar-refractivity contribution in [2.75, 3.05) is 20.1 Å². The third-order valence-corrected chi connectivity index (χ3v) is 6.85. The highest BCUT2D eigenvalue weighted by Gasteiger charge is 2.30. The molecule has 3 aliphatic rings. The molecular weight excluding hydrogens is 408 g/mol. The number of carbonyl (C=O) groups is 1. The monoisotopic (exact) mass is 440 g/mol. The van der Waals surface area contributed by atoms with Gasteiger partial charge >= 0.3 is 0 Å². The Hall–Kier alpha value is -2.89. The van der Waals surface area contributed by atoms with Crippen molar-refractivity contribution >= 4 is 5.78 Å². The zero-order valence-corrected chi connectivity index (χ0v) is 19.4.